The number of hydrogen-bond donors (Lipinski definition) is 8. The number of anilines is 2. The van der Waals surface area contributed by atoms with E-state index in [1.165, 1.54) is 42.7 Å². The van der Waals surface area contributed by atoms with Crippen LogP contribution in [0.4, 0.5) is 11.6 Å². The summed E-state index contributed by atoms with van der Waals surface area (Å²) in [6, 6.07) is 0.391. The van der Waals surface area contributed by atoms with Crippen molar-refractivity contribution in [1.82, 2.24) is 39.0 Å². The van der Waals surface area contributed by atoms with E-state index in [1.807, 2.05) is 0 Å². The molecule has 8 atom stereocenters. The van der Waals surface area contributed by atoms with Crippen LogP contribution in [0, 0.1) is 0 Å². The van der Waals surface area contributed by atoms with Crippen LogP contribution in [0.1, 0.15) is 38.1 Å². The third-order valence-electron chi connectivity index (χ3n) is 8.02. The molecule has 7 rings (SSSR count). The van der Waals surface area contributed by atoms with Crippen molar-refractivity contribution in [3.05, 3.63) is 25.3 Å². The highest BCUT2D eigenvalue weighted by Crippen LogP contribution is 2.33. The molecule has 3 fully saturated rings. The first-order chi connectivity index (χ1) is 20.8. The van der Waals surface area contributed by atoms with Crippen molar-refractivity contribution in [3.8, 4) is 0 Å². The number of nitrogen functional groups attached to an aromatic ring is 1. The molecule has 0 aromatic carbocycles. The molecule has 4 aromatic rings. The van der Waals surface area contributed by atoms with Crippen molar-refractivity contribution in [2.45, 2.75) is 80.8 Å². The van der Waals surface area contributed by atoms with Gasteiger partial charge in [0, 0.05) is 6.04 Å². The Morgan fingerprint density at radius 3 is 1.77 bits per heavy atom. The number of aliphatic hydroxyl groups excluding tert-OH is 6. The first kappa shape index (κ1) is 29.5. The molecule has 232 valence electrons. The average molecular weight is 603 g/mol. The van der Waals surface area contributed by atoms with Crippen molar-refractivity contribution in [3.63, 3.8) is 0 Å². The van der Waals surface area contributed by atoms with Gasteiger partial charge in [0.25, 0.3) is 0 Å². The molecule has 0 spiro atoms. The summed E-state index contributed by atoms with van der Waals surface area (Å²) in [5.41, 5.74) is 7.56. The van der Waals surface area contributed by atoms with Gasteiger partial charge < -0.3 is 51.2 Å². The Balaban J connectivity index is 0.000000157. The van der Waals surface area contributed by atoms with Crippen LogP contribution in [-0.4, -0.2) is 126 Å². The number of hydrogen-bond acceptors (Lipinski definition) is 16. The fraction of sp³-hybridized carbons (Fsp3) is 0.600. The van der Waals surface area contributed by atoms with Crippen LogP contribution in [-0.2, 0) is 9.47 Å². The van der Waals surface area contributed by atoms with E-state index in [1.54, 1.807) is 4.57 Å². The number of ether oxygens (including phenoxy) is 2. The topological polar surface area (TPSA) is 265 Å². The Bertz CT molecular complexity index is 1550. The SMILES string of the molecule is Nc1ncnc2c1ncn2[C@@H]1O[C@H](CO)[C@@H](O)[C@H]1O.OC[C@H]1O[C@@H](n2cnc3c(NC4CCCC4)ncnc32)[C@H](O)[C@@H]1O. The number of aromatic nitrogens is 8. The zero-order chi connectivity index (χ0) is 30.2. The Kier molecular flexibility index (Phi) is 8.34. The number of nitrogens with two attached hydrogens (primary N) is 1. The summed E-state index contributed by atoms with van der Waals surface area (Å²) in [6.07, 6.45) is 2.17. The molecule has 2 saturated heterocycles. The van der Waals surface area contributed by atoms with E-state index in [2.05, 4.69) is 35.2 Å². The molecule has 0 radical (unpaired) electrons. The van der Waals surface area contributed by atoms with Gasteiger partial charge in [0.15, 0.2) is 40.9 Å². The van der Waals surface area contributed by atoms with Gasteiger partial charge in [-0.2, -0.15) is 0 Å². The fourth-order valence-corrected chi connectivity index (χ4v) is 5.68. The normalized spacial score (nSPS) is 31.1. The van der Waals surface area contributed by atoms with Crippen LogP contribution < -0.4 is 11.1 Å². The Labute approximate surface area is 243 Å². The monoisotopic (exact) mass is 602 g/mol. The van der Waals surface area contributed by atoms with Gasteiger partial charge in [-0.3, -0.25) is 9.13 Å². The molecule has 4 aromatic heterocycles. The predicted octanol–water partition coefficient (Wildman–Crippen LogP) is -2.19. The summed E-state index contributed by atoms with van der Waals surface area (Å²) >= 11 is 0. The van der Waals surface area contributed by atoms with Gasteiger partial charge in [0.2, 0.25) is 0 Å². The van der Waals surface area contributed by atoms with E-state index >= 15 is 0 Å². The van der Waals surface area contributed by atoms with Crippen molar-refractivity contribution in [2.75, 3.05) is 24.3 Å². The van der Waals surface area contributed by atoms with Gasteiger partial charge in [-0.15, -0.1) is 0 Å². The summed E-state index contributed by atoms with van der Waals surface area (Å²) in [5, 5.41) is 61.5. The van der Waals surface area contributed by atoms with Crippen molar-refractivity contribution in [1.29, 1.82) is 0 Å². The smallest absolute Gasteiger partial charge is 0.167 e. The summed E-state index contributed by atoms with van der Waals surface area (Å²) < 4.78 is 14.0. The quantitative estimate of drug-likeness (QED) is 0.116. The lowest BCUT2D eigenvalue weighted by molar-refractivity contribution is -0.0511. The van der Waals surface area contributed by atoms with Crippen molar-refractivity contribution in [2.24, 2.45) is 0 Å². The zero-order valence-electron chi connectivity index (χ0n) is 22.9. The van der Waals surface area contributed by atoms with Crippen LogP contribution in [0.5, 0.6) is 0 Å². The number of fused-ring (bicyclic) bond motifs is 2. The van der Waals surface area contributed by atoms with E-state index in [4.69, 9.17) is 20.3 Å². The van der Waals surface area contributed by atoms with Crippen LogP contribution in [0.25, 0.3) is 22.3 Å². The molecule has 0 amide bonds. The minimum Gasteiger partial charge on any atom is -0.394 e. The molecule has 6 heterocycles. The molecule has 0 bridgehead atoms. The van der Waals surface area contributed by atoms with Crippen LogP contribution >= 0.6 is 0 Å². The van der Waals surface area contributed by atoms with E-state index < -0.39 is 55.7 Å². The molecule has 1 aliphatic carbocycles. The molecular weight excluding hydrogens is 568 g/mol. The lowest BCUT2D eigenvalue weighted by Gasteiger charge is -2.17. The zero-order valence-corrected chi connectivity index (χ0v) is 22.9. The molecule has 18 nitrogen and oxygen atoms in total. The Morgan fingerprint density at radius 1 is 0.721 bits per heavy atom. The van der Waals surface area contributed by atoms with Gasteiger partial charge in [-0.1, -0.05) is 12.8 Å². The molecule has 2 aliphatic heterocycles. The standard InChI is InChI=1S/C15H21N5O4.C10H13N5O4/c21-5-9-11(22)12(23)15(24-9)20-7-18-10-13(16-6-17-14(10)20)19-8-3-1-2-4-8;11-8-5-9(13-2-12-8)15(3-14-5)10-7(18)6(17)4(1-16)19-10/h6-9,11-12,15,21-23H,1-5H2,(H,16,17,19);2-4,6-7,10,16-18H,1H2,(H2,11,12,13)/t9-,11-,12-,15-;4-,6-,7-,10-/m11/s1. The second-order valence-corrected chi connectivity index (χ2v) is 10.7. The molecule has 43 heavy (non-hydrogen) atoms. The van der Waals surface area contributed by atoms with Crippen LogP contribution in [0.2, 0.25) is 0 Å². The molecule has 3 aliphatic rings. The minimum absolute atomic E-state index is 0.218. The highest BCUT2D eigenvalue weighted by Gasteiger charge is 2.45. The number of aliphatic hydroxyl groups is 6. The van der Waals surface area contributed by atoms with Gasteiger partial charge >= 0.3 is 0 Å². The second kappa shape index (κ2) is 12.2. The Morgan fingerprint density at radius 2 is 1.23 bits per heavy atom. The number of nitrogens with one attached hydrogen (secondary N) is 1. The maximum absolute atomic E-state index is 10.2. The summed E-state index contributed by atoms with van der Waals surface area (Å²) in [7, 11) is 0. The number of nitrogens with zero attached hydrogens (tertiary/aromatic N) is 8. The van der Waals surface area contributed by atoms with Gasteiger partial charge in [-0.05, 0) is 12.8 Å². The molecular formula is C25H34N10O8. The molecule has 18 heteroatoms. The lowest BCUT2D eigenvalue weighted by atomic mass is 10.1. The van der Waals surface area contributed by atoms with Crippen LogP contribution in [0.15, 0.2) is 25.3 Å². The maximum atomic E-state index is 10.2. The number of rotatable bonds is 6. The third-order valence-corrected chi connectivity index (χ3v) is 8.02. The molecule has 0 unspecified atom stereocenters. The molecule has 1 saturated carbocycles. The third kappa shape index (κ3) is 5.36. The largest absolute Gasteiger partial charge is 0.394 e. The Hall–Kier alpha value is -3.62. The van der Waals surface area contributed by atoms with Crippen molar-refractivity contribution >= 4 is 34.0 Å². The van der Waals surface area contributed by atoms with E-state index in [-0.39, 0.29) is 12.4 Å². The summed E-state index contributed by atoms with van der Waals surface area (Å²) in [4.78, 5) is 24.8. The first-order valence-corrected chi connectivity index (χ1v) is 13.9. The van der Waals surface area contributed by atoms with Gasteiger partial charge in [0.1, 0.15) is 54.8 Å². The minimum atomic E-state index is -1.19. The first-order valence-electron chi connectivity index (χ1n) is 13.9. The van der Waals surface area contributed by atoms with E-state index in [0.717, 1.165) is 12.8 Å². The lowest BCUT2D eigenvalue weighted by Crippen LogP contribution is -2.33. The van der Waals surface area contributed by atoms with Crippen molar-refractivity contribution < 1.29 is 40.1 Å². The average Bonchev–Trinajstić information content (AvgIpc) is 3.84. The maximum Gasteiger partial charge on any atom is 0.167 e. The van der Waals surface area contributed by atoms with Gasteiger partial charge in [-0.25, -0.2) is 29.9 Å². The number of imidazole rings is 2. The predicted molar refractivity (Wildman–Crippen MR) is 147 cm³/mol. The van der Waals surface area contributed by atoms with Gasteiger partial charge in [0.05, 0.1) is 25.9 Å². The molecule has 9 N–H and O–H groups in total. The summed E-state index contributed by atoms with van der Waals surface area (Å²) in [6.45, 7) is -0.761. The van der Waals surface area contributed by atoms with Crippen LogP contribution in [0.3, 0.4) is 0 Å². The highest BCUT2D eigenvalue weighted by atomic mass is 16.6. The second-order valence-electron chi connectivity index (χ2n) is 10.7. The highest BCUT2D eigenvalue weighted by molar-refractivity contribution is 5.83. The fourth-order valence-electron chi connectivity index (χ4n) is 5.68. The summed E-state index contributed by atoms with van der Waals surface area (Å²) in [5.74, 6) is 0.882. The van der Waals surface area contributed by atoms with E-state index in [9.17, 15) is 25.5 Å². The van der Waals surface area contributed by atoms with E-state index in [0.29, 0.717) is 34.2 Å².